The van der Waals surface area contributed by atoms with Crippen LogP contribution in [0.4, 0.5) is 5.69 Å². The van der Waals surface area contributed by atoms with Gasteiger partial charge in [0.15, 0.2) is 0 Å². The van der Waals surface area contributed by atoms with Crippen LogP contribution in [0.5, 0.6) is 0 Å². The highest BCUT2D eigenvalue weighted by Gasteiger charge is 2.17. The molecule has 1 heterocycles. The first-order chi connectivity index (χ1) is 13.7. The van der Waals surface area contributed by atoms with Crippen LogP contribution in [-0.4, -0.2) is 26.4 Å². The number of hydrogen-bond acceptors (Lipinski definition) is 4. The first kappa shape index (κ1) is 21.2. The van der Waals surface area contributed by atoms with Crippen LogP contribution in [0.2, 0.25) is 0 Å². The minimum absolute atomic E-state index is 0.123. The Labute approximate surface area is 178 Å². The SMILES string of the molecule is CNS(=O)(=O)c1cc(NC(=O)c2ccc(-c3cccc(Br)c3)nc2C)ccc1C. The second kappa shape index (κ2) is 8.44. The van der Waals surface area contributed by atoms with Crippen molar-refractivity contribution in [2.24, 2.45) is 0 Å². The van der Waals surface area contributed by atoms with Crippen LogP contribution < -0.4 is 10.0 Å². The van der Waals surface area contributed by atoms with Crippen molar-refractivity contribution >= 4 is 37.5 Å². The van der Waals surface area contributed by atoms with Crippen LogP contribution >= 0.6 is 15.9 Å². The number of nitrogens with zero attached hydrogens (tertiary/aromatic N) is 1. The second-order valence-electron chi connectivity index (χ2n) is 6.48. The molecule has 0 spiro atoms. The number of carbonyl (C=O) groups is 1. The van der Waals surface area contributed by atoms with Gasteiger partial charge in [-0.3, -0.25) is 9.78 Å². The number of rotatable bonds is 5. The zero-order chi connectivity index (χ0) is 21.2. The van der Waals surface area contributed by atoms with Gasteiger partial charge in [-0.05, 0) is 62.9 Å². The molecule has 3 aromatic rings. The van der Waals surface area contributed by atoms with Gasteiger partial charge in [0.1, 0.15) is 0 Å². The molecule has 29 heavy (non-hydrogen) atoms. The van der Waals surface area contributed by atoms with Crippen LogP contribution in [0, 0.1) is 13.8 Å². The topological polar surface area (TPSA) is 88.2 Å². The van der Waals surface area contributed by atoms with Crippen molar-refractivity contribution in [2.75, 3.05) is 12.4 Å². The quantitative estimate of drug-likeness (QED) is 0.578. The number of sulfonamides is 1. The van der Waals surface area contributed by atoms with Crippen LogP contribution in [0.1, 0.15) is 21.6 Å². The van der Waals surface area contributed by atoms with Gasteiger partial charge in [0, 0.05) is 15.7 Å². The van der Waals surface area contributed by atoms with Gasteiger partial charge in [-0.25, -0.2) is 13.1 Å². The first-order valence-corrected chi connectivity index (χ1v) is 11.1. The van der Waals surface area contributed by atoms with E-state index in [0.717, 1.165) is 15.7 Å². The van der Waals surface area contributed by atoms with Crippen LogP contribution in [-0.2, 0) is 10.0 Å². The van der Waals surface area contributed by atoms with E-state index < -0.39 is 10.0 Å². The van der Waals surface area contributed by atoms with Gasteiger partial charge in [0.05, 0.1) is 21.8 Å². The monoisotopic (exact) mass is 473 g/mol. The summed E-state index contributed by atoms with van der Waals surface area (Å²) in [5, 5.41) is 2.75. The molecule has 8 heteroatoms. The van der Waals surface area contributed by atoms with E-state index in [1.165, 1.54) is 13.1 Å². The van der Waals surface area contributed by atoms with E-state index in [4.69, 9.17) is 0 Å². The van der Waals surface area contributed by atoms with Crippen molar-refractivity contribution in [3.05, 3.63) is 75.9 Å². The Hall–Kier alpha value is -2.55. The van der Waals surface area contributed by atoms with Gasteiger partial charge in [-0.2, -0.15) is 0 Å². The predicted octanol–water partition coefficient (Wildman–Crippen LogP) is 4.29. The molecule has 1 amide bonds. The van der Waals surface area contributed by atoms with E-state index in [9.17, 15) is 13.2 Å². The fraction of sp³-hybridized carbons (Fsp3) is 0.143. The molecule has 0 atom stereocenters. The molecule has 3 rings (SSSR count). The summed E-state index contributed by atoms with van der Waals surface area (Å²) in [6.07, 6.45) is 0. The molecule has 0 aliphatic rings. The Morgan fingerprint density at radius 2 is 1.79 bits per heavy atom. The summed E-state index contributed by atoms with van der Waals surface area (Å²) in [7, 11) is -2.27. The summed E-state index contributed by atoms with van der Waals surface area (Å²) in [6.45, 7) is 3.47. The summed E-state index contributed by atoms with van der Waals surface area (Å²) in [4.78, 5) is 17.4. The van der Waals surface area contributed by atoms with Gasteiger partial charge in [-0.1, -0.05) is 34.1 Å². The predicted molar refractivity (Wildman–Crippen MR) is 117 cm³/mol. The molecule has 0 aliphatic carbocycles. The Kier molecular flexibility index (Phi) is 6.16. The lowest BCUT2D eigenvalue weighted by atomic mass is 10.1. The zero-order valence-corrected chi connectivity index (χ0v) is 18.6. The van der Waals surface area contributed by atoms with Gasteiger partial charge in [0.2, 0.25) is 10.0 Å². The van der Waals surface area contributed by atoms with Gasteiger partial charge >= 0.3 is 0 Å². The molecule has 150 valence electrons. The van der Waals surface area contributed by atoms with Gasteiger partial charge < -0.3 is 5.32 Å². The first-order valence-electron chi connectivity index (χ1n) is 8.80. The third-order valence-electron chi connectivity index (χ3n) is 4.46. The molecule has 0 fully saturated rings. The number of hydrogen-bond donors (Lipinski definition) is 2. The minimum Gasteiger partial charge on any atom is -0.322 e. The molecular weight excluding hydrogens is 454 g/mol. The number of anilines is 1. The van der Waals surface area contributed by atoms with Gasteiger partial charge in [-0.15, -0.1) is 0 Å². The average molecular weight is 474 g/mol. The number of benzene rings is 2. The Balaban J connectivity index is 1.87. The van der Waals surface area contributed by atoms with Crippen molar-refractivity contribution in [1.29, 1.82) is 0 Å². The third kappa shape index (κ3) is 4.72. The fourth-order valence-electron chi connectivity index (χ4n) is 2.89. The number of nitrogens with one attached hydrogen (secondary N) is 2. The summed E-state index contributed by atoms with van der Waals surface area (Å²) >= 11 is 3.44. The summed E-state index contributed by atoms with van der Waals surface area (Å²) in [5.74, 6) is -0.354. The molecule has 0 unspecified atom stereocenters. The molecule has 0 saturated heterocycles. The molecule has 0 bridgehead atoms. The maximum absolute atomic E-state index is 12.7. The molecule has 0 saturated carbocycles. The van der Waals surface area contributed by atoms with E-state index in [2.05, 4.69) is 31.0 Å². The standard InChI is InChI=1S/C21H20BrN3O3S/c1-13-7-8-17(12-20(13)29(27,28)23-3)25-21(26)18-9-10-19(24-14(18)2)15-5-4-6-16(22)11-15/h4-12,23H,1-3H3,(H,25,26). The smallest absolute Gasteiger partial charge is 0.257 e. The lowest BCUT2D eigenvalue weighted by molar-refractivity contribution is 0.102. The number of carbonyl (C=O) groups excluding carboxylic acids is 1. The Bertz CT molecular complexity index is 1190. The van der Waals surface area contributed by atoms with Gasteiger partial charge in [0.25, 0.3) is 5.91 Å². The van der Waals surface area contributed by atoms with Crippen LogP contribution in [0.3, 0.4) is 0 Å². The maximum Gasteiger partial charge on any atom is 0.257 e. The van der Waals surface area contributed by atoms with E-state index in [1.807, 2.05) is 24.3 Å². The van der Waals surface area contributed by atoms with E-state index >= 15 is 0 Å². The second-order valence-corrected chi connectivity index (χ2v) is 9.25. The molecule has 2 N–H and O–H groups in total. The minimum atomic E-state index is -3.62. The van der Waals surface area contributed by atoms with E-state index in [0.29, 0.717) is 22.5 Å². The Morgan fingerprint density at radius 3 is 2.45 bits per heavy atom. The lowest BCUT2D eigenvalue weighted by Crippen LogP contribution is -2.20. The largest absolute Gasteiger partial charge is 0.322 e. The highest BCUT2D eigenvalue weighted by molar-refractivity contribution is 9.10. The normalized spacial score (nSPS) is 11.3. The van der Waals surface area contributed by atoms with Crippen LogP contribution in [0.15, 0.2) is 64.0 Å². The molecule has 1 aromatic heterocycles. The maximum atomic E-state index is 12.7. The number of halogens is 1. The van der Waals surface area contributed by atoms with Crippen molar-refractivity contribution in [1.82, 2.24) is 9.71 Å². The lowest BCUT2D eigenvalue weighted by Gasteiger charge is -2.12. The number of aryl methyl sites for hydroxylation is 2. The summed E-state index contributed by atoms with van der Waals surface area (Å²) < 4.78 is 27.5. The molecule has 6 nitrogen and oxygen atoms in total. The Morgan fingerprint density at radius 1 is 1.03 bits per heavy atom. The highest BCUT2D eigenvalue weighted by atomic mass is 79.9. The summed E-state index contributed by atoms with van der Waals surface area (Å²) in [6, 6.07) is 16.0. The molecular formula is C21H20BrN3O3S. The molecule has 2 aromatic carbocycles. The fourth-order valence-corrected chi connectivity index (χ4v) is 4.28. The molecule has 0 aliphatic heterocycles. The summed E-state index contributed by atoms with van der Waals surface area (Å²) in [5.41, 5.74) is 3.68. The van der Waals surface area contributed by atoms with Crippen LogP contribution in [0.25, 0.3) is 11.3 Å². The zero-order valence-electron chi connectivity index (χ0n) is 16.2. The van der Waals surface area contributed by atoms with Crippen molar-refractivity contribution in [2.45, 2.75) is 18.7 Å². The number of amides is 1. The van der Waals surface area contributed by atoms with Crippen molar-refractivity contribution in [3.8, 4) is 11.3 Å². The van der Waals surface area contributed by atoms with E-state index in [-0.39, 0.29) is 10.8 Å². The highest BCUT2D eigenvalue weighted by Crippen LogP contribution is 2.24. The van der Waals surface area contributed by atoms with E-state index in [1.54, 1.807) is 38.1 Å². The number of pyridine rings is 1. The van der Waals surface area contributed by atoms with Crippen molar-refractivity contribution in [3.63, 3.8) is 0 Å². The average Bonchev–Trinajstić information content (AvgIpc) is 2.69. The third-order valence-corrected chi connectivity index (χ3v) is 6.50. The molecule has 0 radical (unpaired) electrons. The van der Waals surface area contributed by atoms with Crippen molar-refractivity contribution < 1.29 is 13.2 Å². The number of aromatic nitrogens is 1.